The van der Waals surface area contributed by atoms with Crippen LogP contribution in [0.2, 0.25) is 0 Å². The molecule has 0 aliphatic carbocycles. The summed E-state index contributed by atoms with van der Waals surface area (Å²) < 4.78 is 22.9. The van der Waals surface area contributed by atoms with Gasteiger partial charge >= 0.3 is 0 Å². The van der Waals surface area contributed by atoms with Crippen molar-refractivity contribution in [2.24, 2.45) is 5.14 Å². The fraction of sp³-hybridized carbons (Fsp3) is 0.273. The van der Waals surface area contributed by atoms with Crippen LogP contribution in [-0.4, -0.2) is 25.1 Å². The van der Waals surface area contributed by atoms with Crippen LogP contribution >= 0.6 is 0 Å². The number of hydrogen-bond donors (Lipinski definition) is 3. The summed E-state index contributed by atoms with van der Waals surface area (Å²) in [5.41, 5.74) is 1.39. The van der Waals surface area contributed by atoms with Crippen LogP contribution in [-0.2, 0) is 16.4 Å². The summed E-state index contributed by atoms with van der Waals surface area (Å²) in [5.74, 6) is 0. The molecule has 0 aliphatic heterocycles. The van der Waals surface area contributed by atoms with E-state index in [1.54, 1.807) is 6.07 Å². The van der Waals surface area contributed by atoms with E-state index >= 15 is 0 Å². The minimum absolute atomic E-state index is 0.0174. The van der Waals surface area contributed by atoms with Gasteiger partial charge in [0.15, 0.2) is 5.03 Å². The molecule has 1 aromatic heterocycles. The van der Waals surface area contributed by atoms with Gasteiger partial charge in [-0.05, 0) is 24.5 Å². The average molecular weight is 254 g/mol. The number of sulfonamides is 1. The van der Waals surface area contributed by atoms with Gasteiger partial charge in [-0.3, -0.25) is 0 Å². The van der Waals surface area contributed by atoms with Crippen molar-refractivity contribution in [3.8, 4) is 0 Å². The highest BCUT2D eigenvalue weighted by molar-refractivity contribution is 7.89. The van der Waals surface area contributed by atoms with E-state index in [2.05, 4.69) is 4.98 Å². The van der Waals surface area contributed by atoms with Gasteiger partial charge in [0.2, 0.25) is 0 Å². The molecule has 2 rings (SSSR count). The van der Waals surface area contributed by atoms with Crippen LogP contribution in [0.4, 0.5) is 0 Å². The van der Waals surface area contributed by atoms with Crippen molar-refractivity contribution in [1.29, 1.82) is 0 Å². The number of rotatable bonds is 4. The number of para-hydroxylation sites is 1. The van der Waals surface area contributed by atoms with Gasteiger partial charge in [0.25, 0.3) is 10.0 Å². The van der Waals surface area contributed by atoms with Crippen molar-refractivity contribution >= 4 is 20.9 Å². The average Bonchev–Trinajstić information content (AvgIpc) is 2.65. The summed E-state index contributed by atoms with van der Waals surface area (Å²) in [6.07, 6.45) is 0.983. The second-order valence-corrected chi connectivity index (χ2v) is 5.35. The molecule has 5 nitrogen and oxygen atoms in total. The fourth-order valence-corrected chi connectivity index (χ4v) is 2.73. The maximum atomic E-state index is 11.5. The topological polar surface area (TPSA) is 96.2 Å². The molecule has 0 bridgehead atoms. The van der Waals surface area contributed by atoms with Gasteiger partial charge in [-0.15, -0.1) is 0 Å². The number of benzene rings is 1. The Morgan fingerprint density at radius 3 is 2.65 bits per heavy atom. The molecule has 0 spiro atoms. The minimum atomic E-state index is -3.76. The van der Waals surface area contributed by atoms with Crippen molar-refractivity contribution in [2.45, 2.75) is 17.9 Å². The summed E-state index contributed by atoms with van der Waals surface area (Å²) in [5, 5.41) is 14.9. The number of primary sulfonamides is 1. The predicted molar refractivity (Wildman–Crippen MR) is 65.1 cm³/mol. The first-order valence-electron chi connectivity index (χ1n) is 5.27. The zero-order chi connectivity index (χ0) is 12.5. The number of aliphatic hydroxyl groups excluding tert-OH is 1. The first-order chi connectivity index (χ1) is 8.04. The van der Waals surface area contributed by atoms with Crippen LogP contribution in [0.1, 0.15) is 12.0 Å². The quantitative estimate of drug-likeness (QED) is 0.750. The predicted octanol–water partition coefficient (Wildman–Crippen LogP) is 0.740. The number of nitrogens with two attached hydrogens (primary N) is 1. The number of aliphatic hydroxyl groups is 1. The van der Waals surface area contributed by atoms with E-state index in [-0.39, 0.29) is 11.6 Å². The Morgan fingerprint density at radius 2 is 2.00 bits per heavy atom. The Balaban J connectivity index is 2.65. The molecular weight excluding hydrogens is 240 g/mol. The molecule has 0 unspecified atom stereocenters. The second-order valence-electron chi connectivity index (χ2n) is 3.85. The zero-order valence-electron chi connectivity index (χ0n) is 9.18. The lowest BCUT2D eigenvalue weighted by Gasteiger charge is -2.01. The molecule has 0 saturated carbocycles. The van der Waals surface area contributed by atoms with Gasteiger partial charge in [-0.25, -0.2) is 13.6 Å². The van der Waals surface area contributed by atoms with E-state index in [0.29, 0.717) is 18.4 Å². The van der Waals surface area contributed by atoms with Gasteiger partial charge in [-0.2, -0.15) is 0 Å². The lowest BCUT2D eigenvalue weighted by molar-refractivity contribution is 0.288. The van der Waals surface area contributed by atoms with Crippen LogP contribution in [0.15, 0.2) is 29.3 Å². The highest BCUT2D eigenvalue weighted by Gasteiger charge is 2.19. The molecule has 1 heterocycles. The van der Waals surface area contributed by atoms with Crippen LogP contribution in [0, 0.1) is 0 Å². The number of nitrogens with one attached hydrogen (secondary N) is 1. The van der Waals surface area contributed by atoms with E-state index in [0.717, 1.165) is 10.9 Å². The Hall–Kier alpha value is -1.37. The Bertz CT molecular complexity index is 631. The van der Waals surface area contributed by atoms with E-state index in [1.165, 1.54) is 0 Å². The van der Waals surface area contributed by atoms with Gasteiger partial charge in [0.1, 0.15) is 0 Å². The normalized spacial score (nSPS) is 12.1. The van der Waals surface area contributed by atoms with Gasteiger partial charge in [-0.1, -0.05) is 18.2 Å². The van der Waals surface area contributed by atoms with Crippen LogP contribution in [0.3, 0.4) is 0 Å². The first kappa shape index (κ1) is 12.1. The molecule has 0 saturated heterocycles. The van der Waals surface area contributed by atoms with E-state index in [9.17, 15) is 8.42 Å². The van der Waals surface area contributed by atoms with E-state index in [4.69, 9.17) is 10.2 Å². The lowest BCUT2D eigenvalue weighted by Crippen LogP contribution is -2.14. The summed E-state index contributed by atoms with van der Waals surface area (Å²) in [6.45, 7) is 0.0174. The van der Waals surface area contributed by atoms with Gasteiger partial charge in [0.05, 0.1) is 0 Å². The van der Waals surface area contributed by atoms with Crippen LogP contribution < -0.4 is 5.14 Å². The molecule has 92 valence electrons. The Labute approximate surface area is 99.3 Å². The molecule has 0 aliphatic rings. The largest absolute Gasteiger partial charge is 0.396 e. The molecule has 1 aromatic carbocycles. The van der Waals surface area contributed by atoms with Crippen molar-refractivity contribution < 1.29 is 13.5 Å². The highest BCUT2D eigenvalue weighted by atomic mass is 32.2. The number of fused-ring (bicyclic) bond motifs is 1. The molecule has 0 amide bonds. The van der Waals surface area contributed by atoms with Crippen molar-refractivity contribution in [1.82, 2.24) is 4.98 Å². The first-order valence-corrected chi connectivity index (χ1v) is 6.82. The third kappa shape index (κ3) is 2.33. The molecule has 2 aromatic rings. The Morgan fingerprint density at radius 1 is 1.29 bits per heavy atom. The molecule has 4 N–H and O–H groups in total. The summed E-state index contributed by atoms with van der Waals surface area (Å²) >= 11 is 0. The molecule has 0 fully saturated rings. The summed E-state index contributed by atoms with van der Waals surface area (Å²) in [7, 11) is -3.76. The molecule has 0 radical (unpaired) electrons. The van der Waals surface area contributed by atoms with Crippen molar-refractivity contribution in [2.75, 3.05) is 6.61 Å². The minimum Gasteiger partial charge on any atom is -0.396 e. The number of H-pyrrole nitrogens is 1. The van der Waals surface area contributed by atoms with Crippen LogP contribution in [0.25, 0.3) is 10.9 Å². The zero-order valence-corrected chi connectivity index (χ0v) is 10.00. The number of aryl methyl sites for hydroxylation is 1. The standard InChI is InChI=1S/C11H14N2O3S/c12-17(15,16)11-9(5-3-7-14)8-4-1-2-6-10(8)13-11/h1-2,4,6,13-14H,3,5,7H2,(H2,12,15,16). The number of aromatic nitrogens is 1. The SMILES string of the molecule is NS(=O)(=O)c1[nH]c2ccccc2c1CCCO. The van der Waals surface area contributed by atoms with Crippen molar-refractivity contribution in [3.63, 3.8) is 0 Å². The molecule has 17 heavy (non-hydrogen) atoms. The summed E-state index contributed by atoms with van der Waals surface area (Å²) in [4.78, 5) is 2.82. The molecular formula is C11H14N2O3S. The lowest BCUT2D eigenvalue weighted by atomic mass is 10.1. The number of aromatic amines is 1. The third-order valence-electron chi connectivity index (χ3n) is 2.64. The smallest absolute Gasteiger partial charge is 0.253 e. The van der Waals surface area contributed by atoms with Gasteiger partial charge < -0.3 is 10.1 Å². The molecule has 6 heteroatoms. The highest BCUT2D eigenvalue weighted by Crippen LogP contribution is 2.26. The second kappa shape index (κ2) is 4.48. The maximum absolute atomic E-state index is 11.5. The number of hydrogen-bond acceptors (Lipinski definition) is 3. The molecule has 0 atom stereocenters. The van der Waals surface area contributed by atoms with Gasteiger partial charge in [0, 0.05) is 17.5 Å². The fourth-order valence-electron chi connectivity index (χ4n) is 1.92. The maximum Gasteiger partial charge on any atom is 0.253 e. The Kier molecular flexibility index (Phi) is 3.19. The van der Waals surface area contributed by atoms with E-state index in [1.807, 2.05) is 18.2 Å². The monoisotopic (exact) mass is 254 g/mol. The third-order valence-corrected chi connectivity index (χ3v) is 3.56. The van der Waals surface area contributed by atoms with Crippen molar-refractivity contribution in [3.05, 3.63) is 29.8 Å². The van der Waals surface area contributed by atoms with Crippen LogP contribution in [0.5, 0.6) is 0 Å². The van der Waals surface area contributed by atoms with E-state index < -0.39 is 10.0 Å². The summed E-state index contributed by atoms with van der Waals surface area (Å²) in [6, 6.07) is 7.30.